The Morgan fingerprint density at radius 3 is 2.79 bits per heavy atom. The van der Waals surface area contributed by atoms with Gasteiger partial charge in [-0.1, -0.05) is 35.0 Å². The highest BCUT2D eigenvalue weighted by atomic mass is 35.5. The molecular weight excluding hydrogens is 328 g/mol. The molecular formula is C17H15ClN4O2. The van der Waals surface area contributed by atoms with Crippen LogP contribution in [0.4, 0.5) is 0 Å². The van der Waals surface area contributed by atoms with Crippen molar-refractivity contribution in [1.29, 1.82) is 0 Å². The predicted molar refractivity (Wildman–Crippen MR) is 89.1 cm³/mol. The van der Waals surface area contributed by atoms with E-state index in [4.69, 9.17) is 16.1 Å². The number of nitrogens with one attached hydrogen (secondary N) is 1. The number of hydrogen-bond acceptors (Lipinski definition) is 5. The molecule has 1 N–H and O–H groups in total. The van der Waals surface area contributed by atoms with Gasteiger partial charge < -0.3 is 9.84 Å². The lowest BCUT2D eigenvalue weighted by molar-refractivity contribution is -0.121. The minimum atomic E-state index is -0.0989. The Labute approximate surface area is 143 Å². The standard InChI is InChI=1S/C17H15ClN4O2/c18-14-7-2-1-6-13(14)17-21-16(24-22-17)9-8-15(23)20-11-12-5-3-4-10-19-12/h1-7,10H,8-9,11H2,(H,20,23). The maximum Gasteiger partial charge on any atom is 0.227 e. The first-order chi connectivity index (χ1) is 11.7. The lowest BCUT2D eigenvalue weighted by atomic mass is 10.2. The van der Waals surface area contributed by atoms with Gasteiger partial charge in [0.1, 0.15) is 0 Å². The SMILES string of the molecule is O=C(CCc1nc(-c2ccccc2Cl)no1)NCc1ccccn1. The highest BCUT2D eigenvalue weighted by Gasteiger charge is 2.12. The molecule has 1 aromatic carbocycles. The third kappa shape index (κ3) is 4.17. The molecule has 0 atom stereocenters. The van der Waals surface area contributed by atoms with Crippen LogP contribution in [-0.4, -0.2) is 21.0 Å². The van der Waals surface area contributed by atoms with Crippen LogP contribution in [-0.2, 0) is 17.8 Å². The van der Waals surface area contributed by atoms with Gasteiger partial charge in [0.2, 0.25) is 17.6 Å². The van der Waals surface area contributed by atoms with E-state index in [-0.39, 0.29) is 12.3 Å². The van der Waals surface area contributed by atoms with Gasteiger partial charge in [-0.3, -0.25) is 9.78 Å². The molecule has 0 saturated carbocycles. The Bertz CT molecular complexity index is 820. The van der Waals surface area contributed by atoms with Gasteiger partial charge in [-0.25, -0.2) is 0 Å². The normalized spacial score (nSPS) is 10.5. The van der Waals surface area contributed by atoms with E-state index in [0.717, 1.165) is 5.69 Å². The van der Waals surface area contributed by atoms with E-state index >= 15 is 0 Å². The summed E-state index contributed by atoms with van der Waals surface area (Å²) in [4.78, 5) is 20.3. The zero-order valence-corrected chi connectivity index (χ0v) is 13.5. The van der Waals surface area contributed by atoms with Crippen LogP contribution < -0.4 is 5.32 Å². The second kappa shape index (κ2) is 7.70. The molecule has 0 aliphatic rings. The molecule has 3 rings (SSSR count). The number of nitrogens with zero attached hydrogens (tertiary/aromatic N) is 3. The summed E-state index contributed by atoms with van der Waals surface area (Å²) in [5, 5.41) is 7.26. The lowest BCUT2D eigenvalue weighted by Gasteiger charge is -2.03. The fourth-order valence-corrected chi connectivity index (χ4v) is 2.33. The zero-order valence-electron chi connectivity index (χ0n) is 12.8. The molecule has 24 heavy (non-hydrogen) atoms. The molecule has 0 bridgehead atoms. The molecule has 1 amide bonds. The van der Waals surface area contributed by atoms with Crippen molar-refractivity contribution < 1.29 is 9.32 Å². The summed E-state index contributed by atoms with van der Waals surface area (Å²) >= 11 is 6.10. The minimum absolute atomic E-state index is 0.0989. The van der Waals surface area contributed by atoms with Crippen molar-refractivity contribution in [1.82, 2.24) is 20.4 Å². The molecule has 122 valence electrons. The van der Waals surface area contributed by atoms with E-state index in [0.29, 0.717) is 35.3 Å². The van der Waals surface area contributed by atoms with Crippen molar-refractivity contribution in [3.05, 3.63) is 65.3 Å². The van der Waals surface area contributed by atoms with E-state index in [1.54, 1.807) is 12.3 Å². The summed E-state index contributed by atoms with van der Waals surface area (Å²) in [5.74, 6) is 0.723. The van der Waals surface area contributed by atoms with E-state index in [2.05, 4.69) is 20.4 Å². The Kier molecular flexibility index (Phi) is 5.18. The van der Waals surface area contributed by atoms with Crippen molar-refractivity contribution >= 4 is 17.5 Å². The van der Waals surface area contributed by atoms with Crippen LogP contribution in [0.3, 0.4) is 0 Å². The Morgan fingerprint density at radius 1 is 1.17 bits per heavy atom. The quantitative estimate of drug-likeness (QED) is 0.744. The third-order valence-corrected chi connectivity index (χ3v) is 3.67. The van der Waals surface area contributed by atoms with Gasteiger partial charge >= 0.3 is 0 Å². The summed E-state index contributed by atoms with van der Waals surface area (Å²) in [6.45, 7) is 0.397. The molecule has 7 heteroatoms. The topological polar surface area (TPSA) is 80.9 Å². The number of benzene rings is 1. The largest absolute Gasteiger partial charge is 0.350 e. The molecule has 0 spiro atoms. The average Bonchev–Trinajstić information content (AvgIpc) is 3.08. The van der Waals surface area contributed by atoms with Crippen LogP contribution in [0.15, 0.2) is 53.2 Å². The van der Waals surface area contributed by atoms with E-state index in [9.17, 15) is 4.79 Å². The van der Waals surface area contributed by atoms with Crippen LogP contribution in [0.5, 0.6) is 0 Å². The number of pyridine rings is 1. The number of amides is 1. The maximum absolute atomic E-state index is 11.9. The number of carbonyl (C=O) groups excluding carboxylic acids is 1. The fraction of sp³-hybridized carbons (Fsp3) is 0.176. The summed E-state index contributed by atoms with van der Waals surface area (Å²) in [6.07, 6.45) is 2.32. The summed E-state index contributed by atoms with van der Waals surface area (Å²) in [7, 11) is 0. The lowest BCUT2D eigenvalue weighted by Crippen LogP contribution is -2.23. The molecule has 3 aromatic rings. The van der Waals surface area contributed by atoms with Crippen molar-refractivity contribution in [2.45, 2.75) is 19.4 Å². The van der Waals surface area contributed by atoms with E-state index < -0.39 is 0 Å². The molecule has 0 radical (unpaired) electrons. The van der Waals surface area contributed by atoms with Gasteiger partial charge in [-0.15, -0.1) is 0 Å². The first kappa shape index (κ1) is 16.1. The second-order valence-corrected chi connectivity index (χ2v) is 5.50. The number of aromatic nitrogens is 3. The van der Waals surface area contributed by atoms with Crippen LogP contribution in [0.1, 0.15) is 18.0 Å². The van der Waals surface area contributed by atoms with Gasteiger partial charge in [0.15, 0.2) is 0 Å². The van der Waals surface area contributed by atoms with Gasteiger partial charge in [0, 0.05) is 24.6 Å². The summed E-state index contributed by atoms with van der Waals surface area (Å²) in [5.41, 5.74) is 1.51. The number of rotatable bonds is 6. The highest BCUT2D eigenvalue weighted by molar-refractivity contribution is 6.33. The highest BCUT2D eigenvalue weighted by Crippen LogP contribution is 2.24. The smallest absolute Gasteiger partial charge is 0.227 e. The second-order valence-electron chi connectivity index (χ2n) is 5.09. The average molecular weight is 343 g/mol. The summed E-state index contributed by atoms with van der Waals surface area (Å²) in [6, 6.07) is 12.8. The molecule has 6 nitrogen and oxygen atoms in total. The Balaban J connectivity index is 1.52. The van der Waals surface area contributed by atoms with Gasteiger partial charge in [-0.05, 0) is 24.3 Å². The molecule has 0 unspecified atom stereocenters. The number of aryl methyl sites for hydroxylation is 1. The van der Waals surface area contributed by atoms with Crippen molar-refractivity contribution in [3.63, 3.8) is 0 Å². The zero-order chi connectivity index (χ0) is 16.8. The molecule has 0 saturated heterocycles. The van der Waals surface area contributed by atoms with E-state index in [1.807, 2.05) is 36.4 Å². The predicted octanol–water partition coefficient (Wildman–Crippen LogP) is 3.03. The number of carbonyl (C=O) groups is 1. The van der Waals surface area contributed by atoms with Crippen LogP contribution >= 0.6 is 11.6 Å². The van der Waals surface area contributed by atoms with Gasteiger partial charge in [0.05, 0.1) is 17.3 Å². The Hall–Kier alpha value is -2.73. The molecule has 0 aliphatic carbocycles. The third-order valence-electron chi connectivity index (χ3n) is 3.34. The van der Waals surface area contributed by atoms with Crippen LogP contribution in [0, 0.1) is 0 Å². The molecule has 2 aromatic heterocycles. The van der Waals surface area contributed by atoms with Crippen LogP contribution in [0.2, 0.25) is 5.02 Å². The van der Waals surface area contributed by atoms with E-state index in [1.165, 1.54) is 0 Å². The Morgan fingerprint density at radius 2 is 2.00 bits per heavy atom. The van der Waals surface area contributed by atoms with Crippen molar-refractivity contribution in [2.24, 2.45) is 0 Å². The van der Waals surface area contributed by atoms with Crippen LogP contribution in [0.25, 0.3) is 11.4 Å². The van der Waals surface area contributed by atoms with Crippen molar-refractivity contribution in [3.8, 4) is 11.4 Å². The molecule has 0 fully saturated rings. The van der Waals surface area contributed by atoms with Gasteiger partial charge in [0.25, 0.3) is 0 Å². The molecule has 0 aliphatic heterocycles. The number of halogens is 1. The maximum atomic E-state index is 11.9. The fourth-order valence-electron chi connectivity index (χ4n) is 2.11. The van der Waals surface area contributed by atoms with Crippen molar-refractivity contribution in [2.75, 3.05) is 0 Å². The minimum Gasteiger partial charge on any atom is -0.350 e. The monoisotopic (exact) mass is 342 g/mol. The van der Waals surface area contributed by atoms with Gasteiger partial charge in [-0.2, -0.15) is 4.98 Å². The first-order valence-electron chi connectivity index (χ1n) is 7.46. The first-order valence-corrected chi connectivity index (χ1v) is 7.84. The number of hydrogen-bond donors (Lipinski definition) is 1. The molecule has 2 heterocycles. The summed E-state index contributed by atoms with van der Waals surface area (Å²) < 4.78 is 5.18.